The zero-order valence-electron chi connectivity index (χ0n) is 11.7. The zero-order valence-corrected chi connectivity index (χ0v) is 16.0. The molecule has 0 aliphatic carbocycles. The first kappa shape index (κ1) is 14.5. The van der Waals surface area contributed by atoms with Crippen LogP contribution in [0, 0.1) is 7.14 Å². The number of rotatable bonds is 1. The summed E-state index contributed by atoms with van der Waals surface area (Å²) >= 11 is 4.83. The van der Waals surface area contributed by atoms with Gasteiger partial charge in [-0.2, -0.15) is 0 Å². The van der Waals surface area contributed by atoms with Crippen molar-refractivity contribution in [3.05, 3.63) is 79.9 Å². The summed E-state index contributed by atoms with van der Waals surface area (Å²) in [5.74, 6) is 0. The van der Waals surface area contributed by atoms with Crippen LogP contribution in [0.1, 0.15) is 0 Å². The Morgan fingerprint density at radius 1 is 0.409 bits per heavy atom. The highest BCUT2D eigenvalue weighted by Crippen LogP contribution is 2.36. The Morgan fingerprint density at radius 3 is 1.18 bits per heavy atom. The summed E-state index contributed by atoms with van der Waals surface area (Å²) in [4.78, 5) is 0. The standard InChI is InChI=1S/C20H12I2/c21-19-11-9-15(13-5-1-3-7-17(13)19)16-10-12-20(22)18-8-4-2-6-14(16)18/h1-12H. The van der Waals surface area contributed by atoms with Gasteiger partial charge in [0, 0.05) is 7.14 Å². The number of hydrogen-bond acceptors (Lipinski definition) is 0. The Labute approximate surface area is 156 Å². The predicted molar refractivity (Wildman–Crippen MR) is 112 cm³/mol. The van der Waals surface area contributed by atoms with E-state index in [4.69, 9.17) is 0 Å². The monoisotopic (exact) mass is 506 g/mol. The molecule has 0 bridgehead atoms. The minimum atomic E-state index is 1.30. The van der Waals surface area contributed by atoms with Crippen LogP contribution in [0.15, 0.2) is 72.8 Å². The Bertz CT molecular complexity index is 920. The van der Waals surface area contributed by atoms with Crippen LogP contribution in [0.4, 0.5) is 0 Å². The van der Waals surface area contributed by atoms with Gasteiger partial charge >= 0.3 is 0 Å². The smallest absolute Gasteiger partial charge is 0.0209 e. The average Bonchev–Trinajstić information content (AvgIpc) is 2.57. The van der Waals surface area contributed by atoms with Gasteiger partial charge in [0.05, 0.1) is 0 Å². The van der Waals surface area contributed by atoms with E-state index in [1.807, 2.05) is 0 Å². The summed E-state index contributed by atoms with van der Waals surface area (Å²) in [5, 5.41) is 5.29. The lowest BCUT2D eigenvalue weighted by atomic mass is 9.94. The molecule has 0 nitrogen and oxygen atoms in total. The molecule has 0 unspecified atom stereocenters. The molecule has 0 saturated heterocycles. The van der Waals surface area contributed by atoms with Gasteiger partial charge in [0.15, 0.2) is 0 Å². The lowest BCUT2D eigenvalue weighted by Gasteiger charge is -2.12. The van der Waals surface area contributed by atoms with E-state index in [1.54, 1.807) is 0 Å². The van der Waals surface area contributed by atoms with E-state index in [-0.39, 0.29) is 0 Å². The van der Waals surface area contributed by atoms with E-state index >= 15 is 0 Å². The van der Waals surface area contributed by atoms with Gasteiger partial charge in [-0.25, -0.2) is 0 Å². The average molecular weight is 506 g/mol. The van der Waals surface area contributed by atoms with Crippen LogP contribution in [-0.4, -0.2) is 0 Å². The summed E-state index contributed by atoms with van der Waals surface area (Å²) in [5.41, 5.74) is 2.62. The Kier molecular flexibility index (Phi) is 3.82. The summed E-state index contributed by atoms with van der Waals surface area (Å²) < 4.78 is 2.60. The molecule has 0 radical (unpaired) electrons. The second-order valence-corrected chi connectivity index (χ2v) is 7.61. The van der Waals surface area contributed by atoms with Crippen molar-refractivity contribution >= 4 is 66.7 Å². The molecule has 22 heavy (non-hydrogen) atoms. The summed E-state index contributed by atoms with van der Waals surface area (Å²) in [7, 11) is 0. The number of halogens is 2. The van der Waals surface area contributed by atoms with E-state index in [0.29, 0.717) is 0 Å². The van der Waals surface area contributed by atoms with Crippen LogP contribution < -0.4 is 0 Å². The molecule has 4 aromatic rings. The molecule has 0 heterocycles. The fourth-order valence-electron chi connectivity index (χ4n) is 2.99. The third-order valence-corrected chi connectivity index (χ3v) is 5.91. The second-order valence-electron chi connectivity index (χ2n) is 5.28. The van der Waals surface area contributed by atoms with E-state index in [1.165, 1.54) is 39.8 Å². The maximum absolute atomic E-state index is 2.42. The van der Waals surface area contributed by atoms with Crippen LogP contribution >= 0.6 is 45.2 Å². The van der Waals surface area contributed by atoms with Gasteiger partial charge < -0.3 is 0 Å². The van der Waals surface area contributed by atoms with Crippen LogP contribution in [0.2, 0.25) is 0 Å². The molecule has 0 aromatic heterocycles. The van der Waals surface area contributed by atoms with Crippen molar-refractivity contribution in [1.82, 2.24) is 0 Å². The van der Waals surface area contributed by atoms with Crippen molar-refractivity contribution in [1.29, 1.82) is 0 Å². The molecular weight excluding hydrogens is 494 g/mol. The first-order valence-corrected chi connectivity index (χ1v) is 9.26. The third-order valence-electron chi connectivity index (χ3n) is 4.03. The molecule has 0 atom stereocenters. The van der Waals surface area contributed by atoms with Crippen LogP contribution in [0.3, 0.4) is 0 Å². The van der Waals surface area contributed by atoms with Gasteiger partial charge in [-0.1, -0.05) is 60.7 Å². The summed E-state index contributed by atoms with van der Waals surface area (Å²) in [6, 6.07) is 26.2. The predicted octanol–water partition coefficient (Wildman–Crippen LogP) is 6.87. The van der Waals surface area contributed by atoms with Crippen molar-refractivity contribution in [2.75, 3.05) is 0 Å². The zero-order chi connectivity index (χ0) is 15.1. The highest BCUT2D eigenvalue weighted by atomic mass is 127. The Balaban J connectivity index is 2.13. The molecule has 0 aliphatic rings. The number of hydrogen-bond donors (Lipinski definition) is 0. The second kappa shape index (κ2) is 5.81. The fraction of sp³-hybridized carbons (Fsp3) is 0. The molecule has 0 saturated carbocycles. The highest BCUT2D eigenvalue weighted by Gasteiger charge is 2.10. The number of benzene rings is 4. The van der Waals surface area contributed by atoms with Gasteiger partial charge in [0.2, 0.25) is 0 Å². The maximum atomic E-state index is 2.42. The maximum Gasteiger partial charge on any atom is 0.0209 e. The quantitative estimate of drug-likeness (QED) is 0.248. The van der Waals surface area contributed by atoms with Crippen LogP contribution in [0.5, 0.6) is 0 Å². The Hall–Kier alpha value is -1.14. The first-order valence-electron chi connectivity index (χ1n) is 7.10. The lowest BCUT2D eigenvalue weighted by Crippen LogP contribution is -1.87. The van der Waals surface area contributed by atoms with Crippen molar-refractivity contribution in [2.45, 2.75) is 0 Å². The molecular formula is C20H12I2. The SMILES string of the molecule is Ic1ccc(-c2ccc(I)c3ccccc23)c2ccccc12. The van der Waals surface area contributed by atoms with Crippen molar-refractivity contribution in [3.63, 3.8) is 0 Å². The van der Waals surface area contributed by atoms with Crippen molar-refractivity contribution in [2.24, 2.45) is 0 Å². The van der Waals surface area contributed by atoms with E-state index < -0.39 is 0 Å². The van der Waals surface area contributed by atoms with Crippen molar-refractivity contribution < 1.29 is 0 Å². The largest absolute Gasteiger partial charge is 0.0616 e. The molecule has 0 amide bonds. The molecule has 0 fully saturated rings. The minimum absolute atomic E-state index is 1.30. The fourth-order valence-corrected chi connectivity index (χ4v) is 4.29. The van der Waals surface area contributed by atoms with E-state index in [0.717, 1.165) is 0 Å². The van der Waals surface area contributed by atoms with Gasteiger partial charge in [-0.3, -0.25) is 0 Å². The highest BCUT2D eigenvalue weighted by molar-refractivity contribution is 14.1. The topological polar surface area (TPSA) is 0 Å². The Morgan fingerprint density at radius 2 is 0.773 bits per heavy atom. The molecule has 0 N–H and O–H groups in total. The van der Waals surface area contributed by atoms with Crippen molar-refractivity contribution in [3.8, 4) is 11.1 Å². The molecule has 0 spiro atoms. The van der Waals surface area contributed by atoms with Gasteiger partial charge in [-0.15, -0.1) is 0 Å². The third kappa shape index (κ3) is 2.33. The summed E-state index contributed by atoms with van der Waals surface area (Å²) in [6.45, 7) is 0. The van der Waals surface area contributed by atoms with Crippen LogP contribution in [0.25, 0.3) is 32.7 Å². The summed E-state index contributed by atoms with van der Waals surface area (Å²) in [6.07, 6.45) is 0. The first-order chi connectivity index (χ1) is 10.8. The van der Waals surface area contributed by atoms with E-state index in [9.17, 15) is 0 Å². The van der Waals surface area contributed by atoms with Gasteiger partial charge in [0.1, 0.15) is 0 Å². The molecule has 106 valence electrons. The van der Waals surface area contributed by atoms with E-state index in [2.05, 4.69) is 118 Å². The van der Waals surface area contributed by atoms with Gasteiger partial charge in [0.25, 0.3) is 0 Å². The van der Waals surface area contributed by atoms with Crippen LogP contribution in [-0.2, 0) is 0 Å². The normalized spacial score (nSPS) is 11.2. The lowest BCUT2D eigenvalue weighted by molar-refractivity contribution is 1.65. The molecule has 4 aromatic carbocycles. The minimum Gasteiger partial charge on any atom is -0.0616 e. The molecule has 0 aliphatic heterocycles. The molecule has 4 rings (SSSR count). The molecule has 2 heteroatoms. The number of fused-ring (bicyclic) bond motifs is 2. The van der Waals surface area contributed by atoms with Gasteiger partial charge in [-0.05, 0) is 90.0 Å².